The second-order valence-corrected chi connectivity index (χ2v) is 2.89. The molecule has 0 aromatic carbocycles. The molecule has 0 aromatic heterocycles. The quantitative estimate of drug-likeness (QED) is 0.472. The van der Waals surface area contributed by atoms with Crippen LogP contribution in [0.15, 0.2) is 0 Å². The normalized spacial score (nSPS) is 9.75. The van der Waals surface area contributed by atoms with Crippen molar-refractivity contribution in [1.29, 1.82) is 0 Å². The molecule has 0 bridgehead atoms. The molecule has 70 valence electrons. The molecule has 12 heavy (non-hydrogen) atoms. The molecule has 0 heterocycles. The average molecular weight is 172 g/mol. The van der Waals surface area contributed by atoms with Crippen molar-refractivity contribution in [2.45, 2.75) is 45.4 Å². The van der Waals surface area contributed by atoms with E-state index in [1.165, 1.54) is 6.42 Å². The number of rotatable bonds is 7. The predicted octanol–water partition coefficient (Wildman–Crippen LogP) is 2.00. The number of unbranched alkanes of at least 4 members (excludes halogenated alkanes) is 4. The highest BCUT2D eigenvalue weighted by molar-refractivity contribution is 6.32. The minimum Gasteiger partial charge on any atom is -0.476 e. The van der Waals surface area contributed by atoms with Gasteiger partial charge >= 0.3 is 5.97 Å². The van der Waals surface area contributed by atoms with Crippen LogP contribution in [0.3, 0.4) is 0 Å². The summed E-state index contributed by atoms with van der Waals surface area (Å²) >= 11 is 0. The Bertz CT molecular complexity index is 152. The summed E-state index contributed by atoms with van der Waals surface area (Å²) in [6, 6.07) is 0. The van der Waals surface area contributed by atoms with Gasteiger partial charge in [0, 0.05) is 6.42 Å². The molecule has 0 amide bonds. The van der Waals surface area contributed by atoms with Crippen LogP contribution in [-0.2, 0) is 9.59 Å². The van der Waals surface area contributed by atoms with E-state index in [9.17, 15) is 9.59 Å². The summed E-state index contributed by atoms with van der Waals surface area (Å²) in [6.07, 6.45) is 5.30. The number of hydrogen-bond donors (Lipinski definition) is 1. The Kier molecular flexibility index (Phi) is 6.34. The molecule has 0 aliphatic heterocycles. The minimum atomic E-state index is -1.30. The van der Waals surface area contributed by atoms with Gasteiger partial charge in [-0.2, -0.15) is 0 Å². The first-order chi connectivity index (χ1) is 5.68. The molecule has 0 aliphatic carbocycles. The first-order valence-electron chi connectivity index (χ1n) is 4.44. The number of carbonyl (C=O) groups is 2. The molecule has 0 aliphatic rings. The lowest BCUT2D eigenvalue weighted by Crippen LogP contribution is -2.11. The topological polar surface area (TPSA) is 54.4 Å². The van der Waals surface area contributed by atoms with E-state index in [0.29, 0.717) is 6.42 Å². The fourth-order valence-corrected chi connectivity index (χ4v) is 0.996. The Hall–Kier alpha value is -0.860. The lowest BCUT2D eigenvalue weighted by Gasteiger charge is -1.96. The van der Waals surface area contributed by atoms with Gasteiger partial charge in [0.05, 0.1) is 0 Å². The molecule has 0 atom stereocenters. The third kappa shape index (κ3) is 5.89. The highest BCUT2D eigenvalue weighted by Gasteiger charge is 2.09. The molecular weight excluding hydrogens is 156 g/mol. The van der Waals surface area contributed by atoms with E-state index in [0.717, 1.165) is 19.3 Å². The van der Waals surface area contributed by atoms with Gasteiger partial charge < -0.3 is 5.11 Å². The highest BCUT2D eigenvalue weighted by atomic mass is 16.4. The maximum Gasteiger partial charge on any atom is 0.372 e. The molecule has 3 heteroatoms. The molecule has 3 nitrogen and oxygen atoms in total. The number of ketones is 1. The van der Waals surface area contributed by atoms with Crippen molar-refractivity contribution < 1.29 is 14.7 Å². The molecule has 0 unspecified atom stereocenters. The van der Waals surface area contributed by atoms with Crippen molar-refractivity contribution in [2.24, 2.45) is 0 Å². The van der Waals surface area contributed by atoms with Gasteiger partial charge in [0.15, 0.2) is 0 Å². The number of Topliss-reactive ketones (excluding diaryl/α,β-unsaturated/α-hetero) is 1. The van der Waals surface area contributed by atoms with Crippen LogP contribution in [-0.4, -0.2) is 16.9 Å². The van der Waals surface area contributed by atoms with Gasteiger partial charge in [-0.05, 0) is 6.42 Å². The summed E-state index contributed by atoms with van der Waals surface area (Å²) in [5.74, 6) is -1.96. The Morgan fingerprint density at radius 2 is 1.67 bits per heavy atom. The van der Waals surface area contributed by atoms with E-state index in [-0.39, 0.29) is 6.42 Å². The number of carboxylic acids is 1. The van der Waals surface area contributed by atoms with Crippen LogP contribution in [0.2, 0.25) is 0 Å². The zero-order valence-corrected chi connectivity index (χ0v) is 7.51. The van der Waals surface area contributed by atoms with E-state index in [4.69, 9.17) is 5.11 Å². The van der Waals surface area contributed by atoms with E-state index in [2.05, 4.69) is 6.92 Å². The van der Waals surface area contributed by atoms with Gasteiger partial charge in [0.2, 0.25) is 5.78 Å². The van der Waals surface area contributed by atoms with Gasteiger partial charge in [-0.15, -0.1) is 0 Å². The number of hydrogen-bond acceptors (Lipinski definition) is 2. The van der Waals surface area contributed by atoms with Crippen molar-refractivity contribution in [2.75, 3.05) is 0 Å². The van der Waals surface area contributed by atoms with Crippen LogP contribution in [0, 0.1) is 0 Å². The maximum absolute atomic E-state index is 10.6. The third-order valence-corrected chi connectivity index (χ3v) is 1.75. The molecule has 0 fully saturated rings. The lowest BCUT2D eigenvalue weighted by molar-refractivity contribution is -0.149. The fraction of sp³-hybridized carbons (Fsp3) is 0.778. The van der Waals surface area contributed by atoms with E-state index in [1.807, 2.05) is 0 Å². The van der Waals surface area contributed by atoms with E-state index >= 15 is 0 Å². The lowest BCUT2D eigenvalue weighted by atomic mass is 10.1. The van der Waals surface area contributed by atoms with Gasteiger partial charge in [-0.25, -0.2) is 4.79 Å². The van der Waals surface area contributed by atoms with Crippen molar-refractivity contribution in [3.63, 3.8) is 0 Å². The highest BCUT2D eigenvalue weighted by Crippen LogP contribution is 2.04. The van der Waals surface area contributed by atoms with Gasteiger partial charge in [0.25, 0.3) is 0 Å². The zero-order valence-electron chi connectivity index (χ0n) is 7.51. The van der Waals surface area contributed by atoms with Crippen molar-refractivity contribution >= 4 is 11.8 Å². The summed E-state index contributed by atoms with van der Waals surface area (Å²) in [5.41, 5.74) is 0. The van der Waals surface area contributed by atoms with Gasteiger partial charge in [0.1, 0.15) is 0 Å². The van der Waals surface area contributed by atoms with Crippen LogP contribution in [0.1, 0.15) is 45.4 Å². The number of carbonyl (C=O) groups excluding carboxylic acids is 1. The Morgan fingerprint density at radius 3 is 2.17 bits per heavy atom. The zero-order chi connectivity index (χ0) is 9.40. The van der Waals surface area contributed by atoms with Crippen LogP contribution < -0.4 is 0 Å². The average Bonchev–Trinajstić information content (AvgIpc) is 2.03. The summed E-state index contributed by atoms with van der Waals surface area (Å²) in [4.78, 5) is 20.6. The predicted molar refractivity (Wildman–Crippen MR) is 46.0 cm³/mol. The van der Waals surface area contributed by atoms with E-state index < -0.39 is 11.8 Å². The SMILES string of the molecule is CCCCCCCC(=O)C(=O)O. The Morgan fingerprint density at radius 1 is 1.08 bits per heavy atom. The molecule has 0 saturated heterocycles. The van der Waals surface area contributed by atoms with Gasteiger partial charge in [-0.3, -0.25) is 4.79 Å². The number of carboxylic acid groups (broad SMARTS) is 1. The van der Waals surface area contributed by atoms with Gasteiger partial charge in [-0.1, -0.05) is 32.6 Å². The maximum atomic E-state index is 10.6. The summed E-state index contributed by atoms with van der Waals surface area (Å²) < 4.78 is 0. The monoisotopic (exact) mass is 172 g/mol. The number of aliphatic carboxylic acids is 1. The molecule has 0 spiro atoms. The van der Waals surface area contributed by atoms with Crippen LogP contribution in [0.4, 0.5) is 0 Å². The molecular formula is C9H16O3. The summed E-state index contributed by atoms with van der Waals surface area (Å²) in [6.45, 7) is 2.11. The second-order valence-electron chi connectivity index (χ2n) is 2.89. The second kappa shape index (κ2) is 6.83. The largest absolute Gasteiger partial charge is 0.476 e. The molecule has 0 rings (SSSR count). The Labute approximate surface area is 72.8 Å². The summed E-state index contributed by atoms with van der Waals surface area (Å²) in [5, 5.41) is 8.24. The van der Waals surface area contributed by atoms with Crippen molar-refractivity contribution in [3.05, 3.63) is 0 Å². The third-order valence-electron chi connectivity index (χ3n) is 1.75. The Balaban J connectivity index is 3.20. The first-order valence-corrected chi connectivity index (χ1v) is 4.44. The molecule has 0 aromatic rings. The minimum absolute atomic E-state index is 0.193. The van der Waals surface area contributed by atoms with Crippen molar-refractivity contribution in [1.82, 2.24) is 0 Å². The first kappa shape index (κ1) is 11.1. The van der Waals surface area contributed by atoms with Crippen LogP contribution in [0.5, 0.6) is 0 Å². The molecule has 0 radical (unpaired) electrons. The fourth-order valence-electron chi connectivity index (χ4n) is 0.996. The summed E-state index contributed by atoms with van der Waals surface area (Å²) in [7, 11) is 0. The van der Waals surface area contributed by atoms with E-state index in [1.54, 1.807) is 0 Å². The van der Waals surface area contributed by atoms with Crippen LogP contribution in [0.25, 0.3) is 0 Å². The molecule has 1 N–H and O–H groups in total. The smallest absolute Gasteiger partial charge is 0.372 e. The van der Waals surface area contributed by atoms with Crippen molar-refractivity contribution in [3.8, 4) is 0 Å². The molecule has 0 saturated carbocycles. The standard InChI is InChI=1S/C9H16O3/c1-2-3-4-5-6-7-8(10)9(11)12/h2-7H2,1H3,(H,11,12). The van der Waals surface area contributed by atoms with Crippen LogP contribution >= 0.6 is 0 Å².